The van der Waals surface area contributed by atoms with E-state index in [1.54, 1.807) is 11.1 Å². The molecule has 1 aromatic heterocycles. The molecular weight excluding hydrogens is 367 g/mol. The van der Waals surface area contributed by atoms with Gasteiger partial charge in [0, 0.05) is 42.7 Å². The van der Waals surface area contributed by atoms with E-state index in [2.05, 4.69) is 20.6 Å². The number of carbonyl (C=O) groups is 2. The molecule has 0 radical (unpaired) electrons. The number of ether oxygens (including phenoxy) is 1. The summed E-state index contributed by atoms with van der Waals surface area (Å²) in [6.45, 7) is 0.837. The molecule has 10 heteroatoms. The van der Waals surface area contributed by atoms with Crippen molar-refractivity contribution in [2.24, 2.45) is 0 Å². The zero-order chi connectivity index (χ0) is 19.7. The monoisotopic (exact) mass is 386 g/mol. The van der Waals surface area contributed by atoms with Gasteiger partial charge in [-0.1, -0.05) is 0 Å². The lowest BCUT2D eigenvalue weighted by molar-refractivity contribution is -0.118. The summed E-state index contributed by atoms with van der Waals surface area (Å²) in [6.07, 6.45) is 3.11. The summed E-state index contributed by atoms with van der Waals surface area (Å²) < 4.78 is 19.2. The molecule has 146 valence electrons. The molecule has 4 N–H and O–H groups in total. The highest BCUT2D eigenvalue weighted by Crippen LogP contribution is 2.34. The second-order valence-corrected chi connectivity index (χ2v) is 6.70. The third-order valence-corrected chi connectivity index (χ3v) is 4.81. The molecule has 4 rings (SSSR count). The maximum atomic E-state index is 14.2. The number of nitrogens with zero attached hydrogens (tertiary/aromatic N) is 3. The Morgan fingerprint density at radius 2 is 2.14 bits per heavy atom. The average molecular weight is 386 g/mol. The van der Waals surface area contributed by atoms with E-state index >= 15 is 0 Å². The van der Waals surface area contributed by atoms with Gasteiger partial charge in [-0.05, 0) is 25.0 Å². The number of nitrogens with two attached hydrogens (primary N) is 1. The summed E-state index contributed by atoms with van der Waals surface area (Å²) in [5.74, 6) is -0.593. The maximum Gasteiger partial charge on any atom is 0.321 e. The number of amides is 3. The van der Waals surface area contributed by atoms with Crippen LogP contribution in [0.5, 0.6) is 5.75 Å². The molecule has 1 fully saturated rings. The first kappa shape index (κ1) is 18.0. The van der Waals surface area contributed by atoms with E-state index in [1.807, 2.05) is 6.07 Å². The minimum absolute atomic E-state index is 0.0254. The number of hydrogen-bond donors (Lipinski definition) is 3. The van der Waals surface area contributed by atoms with Crippen molar-refractivity contribution in [3.8, 4) is 5.75 Å². The Bertz CT molecular complexity index is 930. The van der Waals surface area contributed by atoms with Crippen LogP contribution in [0.1, 0.15) is 24.5 Å². The van der Waals surface area contributed by atoms with E-state index in [1.165, 1.54) is 12.1 Å². The lowest BCUT2D eigenvalue weighted by Crippen LogP contribution is -2.40. The minimum Gasteiger partial charge on any atom is -0.478 e. The van der Waals surface area contributed by atoms with Crippen LogP contribution in [0, 0.1) is 5.82 Å². The molecule has 28 heavy (non-hydrogen) atoms. The Morgan fingerprint density at radius 1 is 1.36 bits per heavy atom. The van der Waals surface area contributed by atoms with Gasteiger partial charge < -0.3 is 26.0 Å². The summed E-state index contributed by atoms with van der Waals surface area (Å²) in [5.41, 5.74) is 6.96. The van der Waals surface area contributed by atoms with Gasteiger partial charge in [-0.25, -0.2) is 19.2 Å². The van der Waals surface area contributed by atoms with Crippen molar-refractivity contribution in [1.82, 2.24) is 14.9 Å². The predicted octanol–water partition coefficient (Wildman–Crippen LogP) is 1.94. The third-order valence-electron chi connectivity index (χ3n) is 4.81. The van der Waals surface area contributed by atoms with E-state index in [0.29, 0.717) is 13.1 Å². The fourth-order valence-electron chi connectivity index (χ4n) is 3.43. The molecule has 1 saturated heterocycles. The number of benzene rings is 1. The number of anilines is 3. The molecule has 0 aliphatic carbocycles. The fourth-order valence-corrected chi connectivity index (χ4v) is 3.43. The van der Waals surface area contributed by atoms with Gasteiger partial charge in [0.15, 0.2) is 18.2 Å². The minimum atomic E-state index is -0.646. The second kappa shape index (κ2) is 7.29. The van der Waals surface area contributed by atoms with E-state index in [-0.39, 0.29) is 47.5 Å². The molecule has 0 atom stereocenters. The number of urea groups is 1. The number of aromatic nitrogens is 2. The summed E-state index contributed by atoms with van der Waals surface area (Å²) >= 11 is 0. The zero-order valence-corrected chi connectivity index (χ0v) is 14.9. The highest BCUT2D eigenvalue weighted by molar-refractivity contribution is 5.97. The van der Waals surface area contributed by atoms with Crippen LogP contribution in [0.15, 0.2) is 24.4 Å². The summed E-state index contributed by atoms with van der Waals surface area (Å²) in [5, 5.41) is 5.21. The number of halogens is 1. The smallest absolute Gasteiger partial charge is 0.321 e. The van der Waals surface area contributed by atoms with Gasteiger partial charge >= 0.3 is 6.03 Å². The highest BCUT2D eigenvalue weighted by atomic mass is 19.1. The fraction of sp³-hybridized carbons (Fsp3) is 0.333. The lowest BCUT2D eigenvalue weighted by Gasteiger charge is -2.31. The van der Waals surface area contributed by atoms with Crippen molar-refractivity contribution in [1.29, 1.82) is 0 Å². The Labute approximate surface area is 160 Å². The van der Waals surface area contributed by atoms with Crippen LogP contribution in [0.2, 0.25) is 0 Å². The first-order chi connectivity index (χ1) is 13.5. The zero-order valence-electron chi connectivity index (χ0n) is 14.9. The van der Waals surface area contributed by atoms with Crippen LogP contribution in [0.4, 0.5) is 26.5 Å². The van der Waals surface area contributed by atoms with Crippen LogP contribution in [-0.4, -0.2) is 46.5 Å². The van der Waals surface area contributed by atoms with Gasteiger partial charge in [-0.3, -0.25) is 4.79 Å². The van der Waals surface area contributed by atoms with Crippen molar-refractivity contribution >= 4 is 29.3 Å². The molecule has 1 aromatic carbocycles. The van der Waals surface area contributed by atoms with Crippen molar-refractivity contribution in [3.63, 3.8) is 0 Å². The van der Waals surface area contributed by atoms with Gasteiger partial charge in [-0.15, -0.1) is 0 Å². The van der Waals surface area contributed by atoms with Crippen molar-refractivity contribution in [2.45, 2.75) is 18.8 Å². The molecular formula is C18H19FN6O3. The van der Waals surface area contributed by atoms with Crippen molar-refractivity contribution < 1.29 is 18.7 Å². The number of carbonyl (C=O) groups excluding carboxylic acids is 2. The molecule has 2 aliphatic heterocycles. The molecule has 0 spiro atoms. The van der Waals surface area contributed by atoms with Crippen LogP contribution < -0.4 is 21.1 Å². The van der Waals surface area contributed by atoms with Gasteiger partial charge in [0.05, 0.1) is 5.69 Å². The Hall–Kier alpha value is -3.43. The van der Waals surface area contributed by atoms with Crippen LogP contribution in [0.25, 0.3) is 0 Å². The summed E-state index contributed by atoms with van der Waals surface area (Å²) in [6, 6.07) is 4.15. The number of fused-ring (bicyclic) bond motifs is 1. The third kappa shape index (κ3) is 3.66. The Morgan fingerprint density at radius 3 is 2.89 bits per heavy atom. The first-order valence-electron chi connectivity index (χ1n) is 8.90. The molecule has 0 bridgehead atoms. The van der Waals surface area contributed by atoms with Gasteiger partial charge in [0.2, 0.25) is 5.95 Å². The summed E-state index contributed by atoms with van der Waals surface area (Å²) in [7, 11) is 0. The van der Waals surface area contributed by atoms with Crippen LogP contribution >= 0.6 is 0 Å². The molecule has 0 saturated carbocycles. The van der Waals surface area contributed by atoms with E-state index < -0.39 is 5.82 Å². The van der Waals surface area contributed by atoms with Crippen LogP contribution in [-0.2, 0) is 4.79 Å². The molecule has 3 amide bonds. The molecule has 9 nitrogen and oxygen atoms in total. The number of nitrogen functional groups attached to an aromatic ring is 1. The van der Waals surface area contributed by atoms with Crippen molar-refractivity contribution in [3.05, 3.63) is 35.9 Å². The van der Waals surface area contributed by atoms with Crippen LogP contribution in [0.3, 0.4) is 0 Å². The topological polar surface area (TPSA) is 122 Å². The average Bonchev–Trinajstić information content (AvgIpc) is 2.67. The molecule has 2 aromatic rings. The second-order valence-electron chi connectivity index (χ2n) is 6.70. The predicted molar refractivity (Wildman–Crippen MR) is 99.5 cm³/mol. The molecule has 3 heterocycles. The van der Waals surface area contributed by atoms with E-state index in [0.717, 1.165) is 18.5 Å². The quantitative estimate of drug-likeness (QED) is 0.725. The summed E-state index contributed by atoms with van der Waals surface area (Å²) in [4.78, 5) is 33.8. The van der Waals surface area contributed by atoms with Gasteiger partial charge in [0.25, 0.3) is 5.91 Å². The molecule has 2 aliphatic rings. The van der Waals surface area contributed by atoms with Gasteiger partial charge in [0.1, 0.15) is 0 Å². The number of nitrogens with one attached hydrogen (secondary N) is 2. The number of rotatable bonds is 2. The van der Waals surface area contributed by atoms with Gasteiger partial charge in [-0.2, -0.15) is 0 Å². The first-order valence-corrected chi connectivity index (χ1v) is 8.90. The Kier molecular flexibility index (Phi) is 4.68. The van der Waals surface area contributed by atoms with E-state index in [4.69, 9.17) is 10.5 Å². The number of likely N-dealkylation sites (tertiary alicyclic amines) is 1. The largest absolute Gasteiger partial charge is 0.478 e. The number of hydrogen-bond acceptors (Lipinski definition) is 6. The SMILES string of the molecule is Nc1nccc(C2CCN(C(=O)Nc3cc(F)c4c(c3)NC(=O)CO4)CC2)n1. The maximum absolute atomic E-state index is 14.2. The molecule has 0 unspecified atom stereocenters. The lowest BCUT2D eigenvalue weighted by atomic mass is 9.93. The normalized spacial score (nSPS) is 16.8. The number of piperidine rings is 1. The Balaban J connectivity index is 1.39. The standard InChI is InChI=1S/C18H19FN6O3/c19-12-7-11(8-14-16(12)28-9-15(26)23-14)22-18(27)25-5-2-10(3-6-25)13-1-4-21-17(20)24-13/h1,4,7-8,10H,2-3,5-6,9H2,(H,22,27)(H,23,26)(H2,20,21,24). The van der Waals surface area contributed by atoms with Crippen molar-refractivity contribution in [2.75, 3.05) is 36.1 Å². The highest BCUT2D eigenvalue weighted by Gasteiger charge is 2.26. The van der Waals surface area contributed by atoms with E-state index in [9.17, 15) is 14.0 Å².